The molecule has 2 rings (SSSR count). The van der Waals surface area contributed by atoms with Gasteiger partial charge in [-0.25, -0.2) is 4.79 Å². The van der Waals surface area contributed by atoms with Crippen LogP contribution in [0.3, 0.4) is 0 Å². The van der Waals surface area contributed by atoms with Crippen LogP contribution in [0.15, 0.2) is 11.1 Å². The molecular weight excluding hydrogens is 226 g/mol. The molecule has 0 unspecified atom stereocenters. The average Bonchev–Trinajstić information content (AvgIpc) is 2.96. The Hall–Kier alpha value is -1.31. The fraction of sp³-hybridized carbons (Fsp3) is 0.417. The summed E-state index contributed by atoms with van der Waals surface area (Å²) >= 11 is 6.00. The van der Waals surface area contributed by atoms with Crippen LogP contribution in [0.5, 0.6) is 5.75 Å². The van der Waals surface area contributed by atoms with Crippen LogP contribution in [0.1, 0.15) is 29.5 Å². The van der Waals surface area contributed by atoms with Gasteiger partial charge in [0.2, 0.25) is 6.08 Å². The molecule has 0 spiro atoms. The SMILES string of the molecule is Cc1cc(O)c(Cl)c(C)c1C1(N=C=O)CC1. The van der Waals surface area contributed by atoms with Crippen LogP contribution in [0.4, 0.5) is 0 Å². The first kappa shape index (κ1) is 11.2. The van der Waals surface area contributed by atoms with Gasteiger partial charge in [-0.2, -0.15) is 4.99 Å². The average molecular weight is 238 g/mol. The zero-order valence-electron chi connectivity index (χ0n) is 9.17. The molecule has 1 aromatic carbocycles. The number of halogens is 1. The number of rotatable bonds is 2. The molecule has 3 nitrogen and oxygen atoms in total. The molecule has 0 heterocycles. The summed E-state index contributed by atoms with van der Waals surface area (Å²) in [6.45, 7) is 3.73. The molecule has 1 N–H and O–H groups in total. The van der Waals surface area contributed by atoms with Crippen LogP contribution in [0.2, 0.25) is 5.02 Å². The molecule has 84 valence electrons. The molecule has 0 radical (unpaired) electrons. The topological polar surface area (TPSA) is 49.7 Å². The summed E-state index contributed by atoms with van der Waals surface area (Å²) in [4.78, 5) is 14.3. The van der Waals surface area contributed by atoms with Crippen molar-refractivity contribution in [3.05, 3.63) is 27.8 Å². The van der Waals surface area contributed by atoms with Crippen LogP contribution < -0.4 is 0 Å². The van der Waals surface area contributed by atoms with E-state index >= 15 is 0 Å². The number of phenols is 1. The van der Waals surface area contributed by atoms with Gasteiger partial charge < -0.3 is 5.11 Å². The largest absolute Gasteiger partial charge is 0.506 e. The van der Waals surface area contributed by atoms with Crippen LogP contribution in [-0.2, 0) is 10.3 Å². The lowest BCUT2D eigenvalue weighted by Gasteiger charge is -2.17. The minimum Gasteiger partial charge on any atom is -0.506 e. The standard InChI is InChI=1S/C12H12ClNO2/c1-7-5-9(16)11(13)8(2)10(7)12(3-4-12)14-6-15/h5,16H,3-4H2,1-2H3. The molecule has 0 saturated heterocycles. The molecule has 0 aromatic heterocycles. The van der Waals surface area contributed by atoms with Crippen molar-refractivity contribution in [2.24, 2.45) is 4.99 Å². The molecule has 1 aliphatic rings. The molecule has 1 aliphatic carbocycles. The summed E-state index contributed by atoms with van der Waals surface area (Å²) in [6.07, 6.45) is 3.30. The van der Waals surface area contributed by atoms with Crippen molar-refractivity contribution in [1.29, 1.82) is 0 Å². The summed E-state index contributed by atoms with van der Waals surface area (Å²) in [5, 5.41) is 9.92. The van der Waals surface area contributed by atoms with E-state index in [4.69, 9.17) is 11.6 Å². The normalized spacial score (nSPS) is 16.7. The van der Waals surface area contributed by atoms with Crippen LogP contribution >= 0.6 is 11.6 Å². The number of phenolic OH excluding ortho intramolecular Hbond substituents is 1. The van der Waals surface area contributed by atoms with E-state index in [9.17, 15) is 9.90 Å². The third-order valence-electron chi connectivity index (χ3n) is 3.13. The summed E-state index contributed by atoms with van der Waals surface area (Å²) in [7, 11) is 0. The fourth-order valence-electron chi connectivity index (χ4n) is 2.28. The Morgan fingerprint density at radius 1 is 1.50 bits per heavy atom. The number of hydrogen-bond acceptors (Lipinski definition) is 3. The number of nitrogens with zero attached hydrogens (tertiary/aromatic N) is 1. The Morgan fingerprint density at radius 2 is 2.12 bits per heavy atom. The predicted molar refractivity (Wildman–Crippen MR) is 61.6 cm³/mol. The third-order valence-corrected chi connectivity index (χ3v) is 3.60. The van der Waals surface area contributed by atoms with Crippen molar-refractivity contribution in [2.75, 3.05) is 0 Å². The van der Waals surface area contributed by atoms with Gasteiger partial charge in [0.25, 0.3) is 0 Å². The van der Waals surface area contributed by atoms with Gasteiger partial charge in [-0.05, 0) is 49.4 Å². The predicted octanol–water partition coefficient (Wildman–Crippen LogP) is 2.99. The maximum Gasteiger partial charge on any atom is 0.235 e. The van der Waals surface area contributed by atoms with E-state index in [0.717, 1.165) is 29.5 Å². The monoisotopic (exact) mass is 237 g/mol. The third kappa shape index (κ3) is 1.53. The summed E-state index contributed by atoms with van der Waals surface area (Å²) in [5.41, 5.74) is 2.23. The van der Waals surface area contributed by atoms with Gasteiger partial charge >= 0.3 is 0 Å². The Kier molecular flexibility index (Phi) is 2.53. The molecule has 16 heavy (non-hydrogen) atoms. The van der Waals surface area contributed by atoms with Gasteiger partial charge in [0.05, 0.1) is 10.6 Å². The van der Waals surface area contributed by atoms with Crippen molar-refractivity contribution < 1.29 is 9.90 Å². The lowest BCUT2D eigenvalue weighted by molar-refractivity contribution is 0.474. The van der Waals surface area contributed by atoms with Crippen LogP contribution in [0.25, 0.3) is 0 Å². The van der Waals surface area contributed by atoms with Gasteiger partial charge in [0.1, 0.15) is 5.75 Å². The molecule has 4 heteroatoms. The molecule has 0 aliphatic heterocycles. The highest BCUT2D eigenvalue weighted by molar-refractivity contribution is 6.32. The number of aliphatic imine (C=N–C) groups is 1. The number of aromatic hydroxyl groups is 1. The molecule has 1 fully saturated rings. The molecule has 1 aromatic rings. The highest BCUT2D eigenvalue weighted by Gasteiger charge is 2.47. The minimum absolute atomic E-state index is 0.0753. The molecule has 1 saturated carbocycles. The molecular formula is C12H12ClNO2. The Balaban J connectivity index is 2.66. The van der Waals surface area contributed by atoms with Gasteiger partial charge in [0, 0.05) is 0 Å². The first-order valence-electron chi connectivity index (χ1n) is 5.10. The summed E-state index contributed by atoms with van der Waals surface area (Å²) < 4.78 is 0. The molecule has 0 amide bonds. The van der Waals surface area contributed by atoms with E-state index in [-0.39, 0.29) is 5.75 Å². The number of carbonyl (C=O) groups excluding carboxylic acids is 1. The van der Waals surface area contributed by atoms with E-state index < -0.39 is 5.54 Å². The zero-order valence-corrected chi connectivity index (χ0v) is 9.93. The second kappa shape index (κ2) is 3.62. The number of aryl methyl sites for hydroxylation is 1. The highest BCUT2D eigenvalue weighted by atomic mass is 35.5. The smallest absolute Gasteiger partial charge is 0.235 e. The van der Waals surface area contributed by atoms with Crippen molar-refractivity contribution in [2.45, 2.75) is 32.2 Å². The lowest BCUT2D eigenvalue weighted by atomic mass is 9.94. The van der Waals surface area contributed by atoms with Crippen LogP contribution in [-0.4, -0.2) is 11.2 Å². The van der Waals surface area contributed by atoms with E-state index in [1.165, 1.54) is 0 Å². The van der Waals surface area contributed by atoms with Crippen molar-refractivity contribution in [3.8, 4) is 5.75 Å². The Bertz CT molecular complexity index is 500. The Labute approximate surface area is 98.8 Å². The molecule has 0 atom stereocenters. The first-order chi connectivity index (χ1) is 7.52. The van der Waals surface area contributed by atoms with E-state index in [0.29, 0.717) is 5.02 Å². The summed E-state index contributed by atoms with van der Waals surface area (Å²) in [6, 6.07) is 1.62. The first-order valence-corrected chi connectivity index (χ1v) is 5.48. The summed E-state index contributed by atoms with van der Waals surface area (Å²) in [5.74, 6) is 0.0753. The second-order valence-electron chi connectivity index (χ2n) is 4.26. The van der Waals surface area contributed by atoms with Crippen molar-refractivity contribution in [3.63, 3.8) is 0 Å². The zero-order chi connectivity index (χ0) is 11.9. The maximum atomic E-state index is 10.4. The quantitative estimate of drug-likeness (QED) is 0.635. The Morgan fingerprint density at radius 3 is 2.62 bits per heavy atom. The van der Waals surface area contributed by atoms with Gasteiger partial charge in [-0.1, -0.05) is 11.6 Å². The molecule has 0 bridgehead atoms. The van der Waals surface area contributed by atoms with Crippen LogP contribution in [0, 0.1) is 13.8 Å². The number of hydrogen-bond donors (Lipinski definition) is 1. The van der Waals surface area contributed by atoms with Gasteiger partial charge in [-0.3, -0.25) is 0 Å². The number of isocyanates is 1. The second-order valence-corrected chi connectivity index (χ2v) is 4.64. The van der Waals surface area contributed by atoms with E-state index in [2.05, 4.69) is 4.99 Å². The van der Waals surface area contributed by atoms with E-state index in [1.54, 1.807) is 12.1 Å². The fourth-order valence-corrected chi connectivity index (χ4v) is 2.43. The van der Waals surface area contributed by atoms with Gasteiger partial charge in [-0.15, -0.1) is 0 Å². The number of benzene rings is 1. The van der Waals surface area contributed by atoms with E-state index in [1.807, 2.05) is 13.8 Å². The maximum absolute atomic E-state index is 10.4. The van der Waals surface area contributed by atoms with Crippen molar-refractivity contribution >= 4 is 17.7 Å². The van der Waals surface area contributed by atoms with Gasteiger partial charge in [0.15, 0.2) is 0 Å². The minimum atomic E-state index is -0.437. The van der Waals surface area contributed by atoms with Crippen molar-refractivity contribution in [1.82, 2.24) is 0 Å². The lowest BCUT2D eigenvalue weighted by Crippen LogP contribution is -2.08. The highest BCUT2D eigenvalue weighted by Crippen LogP contribution is 2.53.